The Morgan fingerprint density at radius 3 is 2.44 bits per heavy atom. The number of rotatable bonds is 7. The van der Waals surface area contributed by atoms with Crippen LogP contribution in [-0.4, -0.2) is 60.6 Å². The van der Waals surface area contributed by atoms with Gasteiger partial charge in [0.1, 0.15) is 18.2 Å². The lowest BCUT2D eigenvalue weighted by Crippen LogP contribution is -2.42. The van der Waals surface area contributed by atoms with Crippen molar-refractivity contribution in [2.45, 2.75) is 50.6 Å². The molecule has 2 fully saturated rings. The summed E-state index contributed by atoms with van der Waals surface area (Å²) in [6, 6.07) is 6.51. The lowest BCUT2D eigenvalue weighted by Gasteiger charge is -2.34. The molecular formula is C23H30FN5O4S. The first-order valence-electron chi connectivity index (χ1n) is 11.5. The molecule has 2 aliphatic rings. The van der Waals surface area contributed by atoms with Crippen LogP contribution in [0, 0.1) is 17.7 Å². The molecule has 2 aliphatic heterocycles. The Bertz CT molecular complexity index is 1120. The largest absolute Gasteiger partial charge is 0.447 e. The minimum absolute atomic E-state index is 0.00245. The number of piperidine rings is 1. The molecule has 0 bridgehead atoms. The Balaban J connectivity index is 1.38. The number of cyclic esters (lactones) is 1. The quantitative estimate of drug-likeness (QED) is 0.632. The first kappa shape index (κ1) is 24.3. The third-order valence-electron chi connectivity index (χ3n) is 6.58. The van der Waals surface area contributed by atoms with Crippen molar-refractivity contribution < 1.29 is 22.3 Å². The molecule has 2 saturated heterocycles. The van der Waals surface area contributed by atoms with Gasteiger partial charge in [-0.25, -0.2) is 22.6 Å². The molecule has 1 N–H and O–H groups in total. The minimum atomic E-state index is -3.65. The zero-order chi connectivity index (χ0) is 24.5. The molecule has 0 spiro atoms. The number of carbonyl (C=O) groups is 1. The van der Waals surface area contributed by atoms with Crippen molar-refractivity contribution in [3.05, 3.63) is 42.3 Å². The van der Waals surface area contributed by atoms with E-state index in [0.29, 0.717) is 44.3 Å². The minimum Gasteiger partial charge on any atom is -0.447 e. The predicted molar refractivity (Wildman–Crippen MR) is 125 cm³/mol. The summed E-state index contributed by atoms with van der Waals surface area (Å²) in [5.74, 6) is 0.866. The molecule has 2 aromatic rings. The van der Waals surface area contributed by atoms with E-state index in [1.807, 2.05) is 20.8 Å². The summed E-state index contributed by atoms with van der Waals surface area (Å²) in [4.78, 5) is 22.8. The molecule has 1 aromatic heterocycles. The van der Waals surface area contributed by atoms with E-state index in [1.165, 1.54) is 16.4 Å². The van der Waals surface area contributed by atoms with Crippen LogP contribution in [0.3, 0.4) is 0 Å². The van der Waals surface area contributed by atoms with Crippen molar-refractivity contribution >= 4 is 27.9 Å². The number of sulfonamides is 1. The zero-order valence-corrected chi connectivity index (χ0v) is 20.3. The molecule has 34 heavy (non-hydrogen) atoms. The van der Waals surface area contributed by atoms with Crippen molar-refractivity contribution in [2.24, 2.45) is 11.8 Å². The molecule has 9 nitrogen and oxygen atoms in total. The summed E-state index contributed by atoms with van der Waals surface area (Å²) in [5, 5.41) is 3.32. The Morgan fingerprint density at radius 1 is 1.12 bits per heavy atom. The molecule has 1 unspecified atom stereocenters. The summed E-state index contributed by atoms with van der Waals surface area (Å²) in [6.45, 7) is 7.18. The van der Waals surface area contributed by atoms with E-state index in [0.717, 1.165) is 12.1 Å². The van der Waals surface area contributed by atoms with E-state index in [1.54, 1.807) is 17.2 Å². The van der Waals surface area contributed by atoms with Gasteiger partial charge in [0.25, 0.3) is 0 Å². The number of amides is 1. The summed E-state index contributed by atoms with van der Waals surface area (Å²) in [6.07, 6.45) is 2.54. The third-order valence-corrected chi connectivity index (χ3v) is 8.49. The van der Waals surface area contributed by atoms with Crippen LogP contribution < -0.4 is 10.2 Å². The number of hydrogen-bond acceptors (Lipinski definition) is 7. The zero-order valence-electron chi connectivity index (χ0n) is 19.5. The molecule has 0 saturated carbocycles. The van der Waals surface area contributed by atoms with Gasteiger partial charge >= 0.3 is 6.09 Å². The smallest absolute Gasteiger partial charge is 0.415 e. The average molecular weight is 492 g/mol. The van der Waals surface area contributed by atoms with Crippen LogP contribution in [0.2, 0.25) is 0 Å². The predicted octanol–water partition coefficient (Wildman–Crippen LogP) is 3.50. The van der Waals surface area contributed by atoms with Gasteiger partial charge in [0, 0.05) is 25.3 Å². The molecular weight excluding hydrogens is 461 g/mol. The molecule has 1 aromatic carbocycles. The molecule has 0 aliphatic carbocycles. The van der Waals surface area contributed by atoms with E-state index < -0.39 is 21.9 Å². The molecule has 11 heteroatoms. The number of carbonyl (C=O) groups excluding carboxylic acids is 1. The summed E-state index contributed by atoms with van der Waals surface area (Å²) in [7, 11) is -3.65. The fourth-order valence-corrected chi connectivity index (χ4v) is 5.91. The Labute approximate surface area is 199 Å². The number of aromatic nitrogens is 2. The normalized spacial score (nSPS) is 21.0. The van der Waals surface area contributed by atoms with E-state index in [2.05, 4.69) is 15.3 Å². The highest BCUT2D eigenvalue weighted by Gasteiger charge is 2.37. The Morgan fingerprint density at radius 2 is 1.79 bits per heavy atom. The van der Waals surface area contributed by atoms with Crippen molar-refractivity contribution in [2.75, 3.05) is 29.9 Å². The topological polar surface area (TPSA) is 105 Å². The van der Waals surface area contributed by atoms with E-state index >= 15 is 0 Å². The van der Waals surface area contributed by atoms with Gasteiger partial charge in [-0.1, -0.05) is 13.8 Å². The fourth-order valence-electron chi connectivity index (χ4n) is 4.44. The van der Waals surface area contributed by atoms with Crippen molar-refractivity contribution in [1.82, 2.24) is 14.3 Å². The van der Waals surface area contributed by atoms with Gasteiger partial charge in [0.2, 0.25) is 16.0 Å². The van der Waals surface area contributed by atoms with Gasteiger partial charge in [-0.3, -0.25) is 4.90 Å². The average Bonchev–Trinajstić information content (AvgIpc) is 3.21. The highest BCUT2D eigenvalue weighted by atomic mass is 32.2. The highest BCUT2D eigenvalue weighted by Crippen LogP contribution is 2.29. The van der Waals surface area contributed by atoms with Crippen molar-refractivity contribution in [3.63, 3.8) is 0 Å². The van der Waals surface area contributed by atoms with Gasteiger partial charge in [-0.05, 0) is 61.9 Å². The Kier molecular flexibility index (Phi) is 7.04. The first-order valence-corrected chi connectivity index (χ1v) is 12.9. The van der Waals surface area contributed by atoms with Crippen LogP contribution in [-0.2, 0) is 14.8 Å². The number of benzene rings is 1. The van der Waals surface area contributed by atoms with Crippen molar-refractivity contribution in [3.8, 4) is 0 Å². The summed E-state index contributed by atoms with van der Waals surface area (Å²) < 4.78 is 45.6. The van der Waals surface area contributed by atoms with Crippen LogP contribution in [0.4, 0.5) is 21.0 Å². The molecule has 1 amide bonds. The second-order valence-corrected chi connectivity index (χ2v) is 11.1. The van der Waals surface area contributed by atoms with Crippen molar-refractivity contribution in [1.29, 1.82) is 0 Å². The maximum Gasteiger partial charge on any atom is 0.415 e. The molecule has 3 heterocycles. The van der Waals surface area contributed by atoms with E-state index in [4.69, 9.17) is 4.74 Å². The number of ether oxygens (including phenoxy) is 1. The van der Waals surface area contributed by atoms with Crippen LogP contribution in [0.25, 0.3) is 0 Å². The maximum atomic E-state index is 13.2. The van der Waals surface area contributed by atoms with Crippen LogP contribution in [0.15, 0.2) is 41.4 Å². The third kappa shape index (κ3) is 5.00. The number of nitrogens with one attached hydrogen (secondary N) is 1. The fraction of sp³-hybridized carbons (Fsp3) is 0.522. The number of hydrogen-bond donors (Lipinski definition) is 1. The lowest BCUT2D eigenvalue weighted by molar-refractivity contribution is 0.177. The van der Waals surface area contributed by atoms with Gasteiger partial charge < -0.3 is 10.1 Å². The summed E-state index contributed by atoms with van der Waals surface area (Å²) >= 11 is 0. The van der Waals surface area contributed by atoms with Gasteiger partial charge in [-0.15, -0.1) is 0 Å². The van der Waals surface area contributed by atoms with E-state index in [-0.39, 0.29) is 28.8 Å². The number of anilines is 2. The standard InChI is InChI=1S/C23H30FN5O4S/c1-15(2)20-14-33-23(30)29(20)21-8-11-25-22(27-21)26-16(3)17-9-12-28(13-10-17)34(31,32)19-6-4-18(24)5-7-19/h4-8,11,15-17,20H,9-10,12-14H2,1-3H3,(H,25,26,27)/t16-,20?/m0/s1. The number of halogens is 1. The summed E-state index contributed by atoms with van der Waals surface area (Å²) in [5.41, 5.74) is 0. The lowest BCUT2D eigenvalue weighted by atomic mass is 9.91. The van der Waals surface area contributed by atoms with E-state index in [9.17, 15) is 17.6 Å². The molecule has 4 rings (SSSR count). The SMILES string of the molecule is CC(C)C1COC(=O)N1c1ccnc(N[C@@H](C)C2CCN(S(=O)(=O)c3ccc(F)cc3)CC2)n1. The molecule has 2 atom stereocenters. The maximum absolute atomic E-state index is 13.2. The van der Waals surface area contributed by atoms with Crippen LogP contribution in [0.1, 0.15) is 33.6 Å². The van der Waals surface area contributed by atoms with Gasteiger partial charge in [-0.2, -0.15) is 9.29 Å². The number of nitrogens with zero attached hydrogens (tertiary/aromatic N) is 4. The first-order chi connectivity index (χ1) is 16.2. The second kappa shape index (κ2) is 9.83. The van der Waals surface area contributed by atoms with Crippen LogP contribution in [0.5, 0.6) is 0 Å². The monoisotopic (exact) mass is 491 g/mol. The Hall–Kier alpha value is -2.79. The van der Waals surface area contributed by atoms with Crippen LogP contribution >= 0.6 is 0 Å². The molecule has 0 radical (unpaired) electrons. The van der Waals surface area contributed by atoms with Gasteiger partial charge in [0.15, 0.2) is 0 Å². The molecule has 184 valence electrons. The second-order valence-electron chi connectivity index (χ2n) is 9.13. The highest BCUT2D eigenvalue weighted by molar-refractivity contribution is 7.89. The van der Waals surface area contributed by atoms with Gasteiger partial charge in [0.05, 0.1) is 10.9 Å².